The van der Waals surface area contributed by atoms with Crippen molar-refractivity contribution < 1.29 is 19.1 Å². The molecule has 0 aromatic heterocycles. The third-order valence-electron chi connectivity index (χ3n) is 2.34. The average Bonchev–Trinajstić information content (AvgIpc) is 2.53. The van der Waals surface area contributed by atoms with Crippen LogP contribution in [0.15, 0.2) is 24.3 Å². The van der Waals surface area contributed by atoms with Gasteiger partial charge in [0.05, 0.1) is 0 Å². The molecule has 1 aliphatic heterocycles. The second-order valence-electron chi connectivity index (χ2n) is 5.04. The summed E-state index contributed by atoms with van der Waals surface area (Å²) < 4.78 is 10.1. The van der Waals surface area contributed by atoms with Crippen LogP contribution in [0.2, 0.25) is 0 Å². The Kier molecular flexibility index (Phi) is 2.98. The van der Waals surface area contributed by atoms with Gasteiger partial charge in [-0.25, -0.2) is 9.59 Å². The number of nitrogens with one attached hydrogen (secondary N) is 1. The molecule has 0 bridgehead atoms. The number of carbonyl (C=O) groups excluding carboxylic acids is 2. The normalized spacial score (nSPS) is 17.9. The second-order valence-corrected chi connectivity index (χ2v) is 5.04. The fourth-order valence-corrected chi connectivity index (χ4v) is 1.67. The number of rotatable bonds is 1. The van der Waals surface area contributed by atoms with Crippen molar-refractivity contribution in [2.24, 2.45) is 0 Å². The topological polar surface area (TPSA) is 64.6 Å². The number of hydrogen-bond donors (Lipinski definition) is 1. The first-order chi connectivity index (χ1) is 8.37. The summed E-state index contributed by atoms with van der Waals surface area (Å²) in [4.78, 5) is 23.3. The number of benzene rings is 1. The highest BCUT2D eigenvalue weighted by molar-refractivity contribution is 5.88. The van der Waals surface area contributed by atoms with E-state index in [0.29, 0.717) is 11.3 Å². The van der Waals surface area contributed by atoms with E-state index in [9.17, 15) is 9.59 Å². The Balaban J connectivity index is 2.11. The summed E-state index contributed by atoms with van der Waals surface area (Å²) in [5.74, 6) is -0.0226. The molecule has 1 aromatic carbocycles. The molecule has 0 fully saturated rings. The lowest BCUT2D eigenvalue weighted by Crippen LogP contribution is -2.37. The number of amides is 1. The van der Waals surface area contributed by atoms with Crippen molar-refractivity contribution in [3.8, 4) is 5.75 Å². The number of esters is 1. The molecule has 1 aromatic rings. The highest BCUT2D eigenvalue weighted by Crippen LogP contribution is 2.32. The van der Waals surface area contributed by atoms with Crippen LogP contribution in [0.4, 0.5) is 4.79 Å². The van der Waals surface area contributed by atoms with Crippen LogP contribution in [0.3, 0.4) is 0 Å². The van der Waals surface area contributed by atoms with Gasteiger partial charge in [0.2, 0.25) is 0 Å². The van der Waals surface area contributed by atoms with Crippen LogP contribution in [0, 0.1) is 0 Å². The number of hydrogen-bond acceptors (Lipinski definition) is 4. The zero-order valence-electron chi connectivity index (χ0n) is 10.5. The maximum atomic E-state index is 11.6. The fourth-order valence-electron chi connectivity index (χ4n) is 1.67. The van der Waals surface area contributed by atoms with Crippen LogP contribution in [-0.4, -0.2) is 17.7 Å². The molecule has 1 unspecified atom stereocenters. The molecule has 5 heteroatoms. The van der Waals surface area contributed by atoms with Gasteiger partial charge in [0.15, 0.2) is 6.04 Å². The first-order valence-electron chi connectivity index (χ1n) is 5.67. The maximum Gasteiger partial charge on any atom is 0.408 e. The van der Waals surface area contributed by atoms with Crippen molar-refractivity contribution in [2.45, 2.75) is 32.4 Å². The molecule has 0 spiro atoms. The van der Waals surface area contributed by atoms with Crippen LogP contribution in [0.1, 0.15) is 32.4 Å². The molecule has 1 N–H and O–H groups in total. The van der Waals surface area contributed by atoms with Gasteiger partial charge in [-0.2, -0.15) is 0 Å². The van der Waals surface area contributed by atoms with Gasteiger partial charge in [0.1, 0.15) is 11.4 Å². The van der Waals surface area contributed by atoms with Gasteiger partial charge in [-0.15, -0.1) is 0 Å². The second kappa shape index (κ2) is 4.33. The zero-order chi connectivity index (χ0) is 13.3. The third kappa shape index (κ3) is 2.61. The number of para-hydroxylation sites is 1. The summed E-state index contributed by atoms with van der Waals surface area (Å²) in [6.07, 6.45) is -0.638. The molecular formula is C13H15NO4. The summed E-state index contributed by atoms with van der Waals surface area (Å²) in [5, 5.41) is 2.51. The molecule has 1 aliphatic rings. The first kappa shape index (κ1) is 12.4. The van der Waals surface area contributed by atoms with Crippen molar-refractivity contribution in [1.29, 1.82) is 0 Å². The summed E-state index contributed by atoms with van der Waals surface area (Å²) in [6, 6.07) is 6.18. The lowest BCUT2D eigenvalue weighted by Gasteiger charge is -2.20. The Morgan fingerprint density at radius 2 is 2.00 bits per heavy atom. The van der Waals surface area contributed by atoms with E-state index >= 15 is 0 Å². The molecule has 2 rings (SSSR count). The van der Waals surface area contributed by atoms with E-state index in [1.54, 1.807) is 45.0 Å². The predicted octanol–water partition coefficient (Wildman–Crippen LogP) is 2.17. The molecule has 0 aliphatic carbocycles. The largest absolute Gasteiger partial charge is 0.444 e. The van der Waals surface area contributed by atoms with Gasteiger partial charge in [-0.1, -0.05) is 18.2 Å². The van der Waals surface area contributed by atoms with Crippen molar-refractivity contribution >= 4 is 12.1 Å². The quantitative estimate of drug-likeness (QED) is 0.612. The van der Waals surface area contributed by atoms with Gasteiger partial charge < -0.3 is 14.8 Å². The predicted molar refractivity (Wildman–Crippen MR) is 64.2 cm³/mol. The van der Waals surface area contributed by atoms with E-state index < -0.39 is 23.7 Å². The molecule has 1 atom stereocenters. The molecular weight excluding hydrogens is 234 g/mol. The van der Waals surface area contributed by atoms with Gasteiger partial charge >= 0.3 is 12.1 Å². The minimum absolute atomic E-state index is 0.476. The van der Waals surface area contributed by atoms with E-state index in [1.807, 2.05) is 0 Å². The Morgan fingerprint density at radius 3 is 2.67 bits per heavy atom. The summed E-state index contributed by atoms with van der Waals surface area (Å²) >= 11 is 0. The number of ether oxygens (including phenoxy) is 2. The van der Waals surface area contributed by atoms with Crippen molar-refractivity contribution in [3.05, 3.63) is 29.8 Å². The van der Waals surface area contributed by atoms with E-state index in [2.05, 4.69) is 5.32 Å². The van der Waals surface area contributed by atoms with Crippen molar-refractivity contribution in [2.75, 3.05) is 0 Å². The lowest BCUT2D eigenvalue weighted by molar-refractivity contribution is -0.134. The molecule has 0 saturated carbocycles. The first-order valence-corrected chi connectivity index (χ1v) is 5.67. The highest BCUT2D eigenvalue weighted by atomic mass is 16.6. The van der Waals surface area contributed by atoms with E-state index in [-0.39, 0.29) is 0 Å². The smallest absolute Gasteiger partial charge is 0.408 e. The minimum atomic E-state index is -0.795. The fraction of sp³-hybridized carbons (Fsp3) is 0.385. The Morgan fingerprint density at radius 1 is 1.33 bits per heavy atom. The average molecular weight is 249 g/mol. The zero-order valence-corrected chi connectivity index (χ0v) is 10.5. The summed E-state index contributed by atoms with van der Waals surface area (Å²) in [5.41, 5.74) is 0.0416. The van der Waals surface area contributed by atoms with Gasteiger partial charge in [0, 0.05) is 5.56 Å². The lowest BCUT2D eigenvalue weighted by atomic mass is 10.1. The van der Waals surface area contributed by atoms with Crippen molar-refractivity contribution in [1.82, 2.24) is 5.32 Å². The molecule has 1 heterocycles. The van der Waals surface area contributed by atoms with Crippen LogP contribution >= 0.6 is 0 Å². The van der Waals surface area contributed by atoms with Crippen LogP contribution in [-0.2, 0) is 9.53 Å². The number of fused-ring (bicyclic) bond motifs is 1. The molecule has 96 valence electrons. The van der Waals surface area contributed by atoms with Gasteiger partial charge in [0.25, 0.3) is 0 Å². The Bertz CT molecular complexity index is 490. The van der Waals surface area contributed by atoms with Crippen LogP contribution in [0.25, 0.3) is 0 Å². The van der Waals surface area contributed by atoms with E-state index in [1.165, 1.54) is 0 Å². The minimum Gasteiger partial charge on any atom is -0.444 e. The molecule has 18 heavy (non-hydrogen) atoms. The monoisotopic (exact) mass is 249 g/mol. The standard InChI is InChI=1S/C13H15NO4/c1-13(2,3)18-12(16)14-10-8-6-4-5-7-9(8)17-11(10)15/h4-7,10H,1-3H3,(H,14,16). The molecule has 0 saturated heterocycles. The SMILES string of the molecule is CC(C)(C)OC(=O)NC1C(=O)Oc2ccccc21. The highest BCUT2D eigenvalue weighted by Gasteiger charge is 2.35. The Labute approximate surface area is 105 Å². The Hall–Kier alpha value is -2.04. The number of carbonyl (C=O) groups is 2. The van der Waals surface area contributed by atoms with E-state index in [4.69, 9.17) is 9.47 Å². The summed E-state index contributed by atoms with van der Waals surface area (Å²) in [6.45, 7) is 5.27. The molecule has 1 amide bonds. The molecule has 0 radical (unpaired) electrons. The van der Waals surface area contributed by atoms with Gasteiger partial charge in [-0.3, -0.25) is 0 Å². The van der Waals surface area contributed by atoms with Gasteiger partial charge in [-0.05, 0) is 26.8 Å². The summed E-state index contributed by atoms with van der Waals surface area (Å²) in [7, 11) is 0. The molecule has 5 nitrogen and oxygen atoms in total. The third-order valence-corrected chi connectivity index (χ3v) is 2.34. The number of alkyl carbamates (subject to hydrolysis) is 1. The van der Waals surface area contributed by atoms with Crippen LogP contribution in [0.5, 0.6) is 5.75 Å². The van der Waals surface area contributed by atoms with Crippen molar-refractivity contribution in [3.63, 3.8) is 0 Å². The maximum absolute atomic E-state index is 11.6. The van der Waals surface area contributed by atoms with E-state index in [0.717, 1.165) is 0 Å². The van der Waals surface area contributed by atoms with Crippen LogP contribution < -0.4 is 10.1 Å².